The molecule has 146 valence electrons. The molecule has 0 heterocycles. The summed E-state index contributed by atoms with van der Waals surface area (Å²) in [5.41, 5.74) is 2.40. The number of hydrogen-bond acceptors (Lipinski definition) is 3. The lowest BCUT2D eigenvalue weighted by Crippen LogP contribution is -2.00. The molecule has 0 aliphatic rings. The fraction of sp³-hybridized carbons (Fsp3) is 0.125. The van der Waals surface area contributed by atoms with Crippen LogP contribution in [0.25, 0.3) is 11.6 Å². The second-order valence-electron chi connectivity index (χ2n) is 6.23. The monoisotopic (exact) mass is 391 g/mol. The number of hydrogen-bond donors (Lipinski definition) is 0. The summed E-state index contributed by atoms with van der Waals surface area (Å²) in [5.74, 6) is 0.368. The highest BCUT2D eigenvalue weighted by Gasteiger charge is 2.08. The zero-order valence-electron chi connectivity index (χ0n) is 15.9. The minimum Gasteiger partial charge on any atom is -0.490 e. The molecule has 3 aromatic carbocycles. The Morgan fingerprint density at radius 2 is 1.72 bits per heavy atom. The van der Waals surface area contributed by atoms with Gasteiger partial charge < -0.3 is 9.47 Å². The minimum absolute atomic E-state index is 0.266. The van der Waals surface area contributed by atoms with Crippen LogP contribution in [0.3, 0.4) is 0 Å². The molecule has 0 atom stereocenters. The van der Waals surface area contributed by atoms with Gasteiger partial charge in [-0.15, -0.1) is 0 Å². The van der Waals surface area contributed by atoms with Crippen molar-refractivity contribution in [2.75, 3.05) is 6.61 Å². The predicted octanol–water partition coefficient (Wildman–Crippen LogP) is 6.01. The molecule has 0 saturated heterocycles. The summed E-state index contributed by atoms with van der Waals surface area (Å²) < 4.78 is 38.0. The fourth-order valence-electron chi connectivity index (χ4n) is 2.75. The van der Waals surface area contributed by atoms with E-state index in [0.29, 0.717) is 29.2 Å². The van der Waals surface area contributed by atoms with Gasteiger partial charge in [-0.2, -0.15) is 5.26 Å². The smallest absolute Gasteiger partial charge is 0.161 e. The van der Waals surface area contributed by atoms with Crippen LogP contribution in [0.5, 0.6) is 11.5 Å². The van der Waals surface area contributed by atoms with Gasteiger partial charge in [0.25, 0.3) is 0 Å². The molecule has 0 bridgehead atoms. The maximum Gasteiger partial charge on any atom is 0.161 e. The van der Waals surface area contributed by atoms with Gasteiger partial charge in [0.2, 0.25) is 0 Å². The molecule has 0 fully saturated rings. The van der Waals surface area contributed by atoms with Gasteiger partial charge in [0, 0.05) is 0 Å². The Morgan fingerprint density at radius 1 is 0.931 bits per heavy atom. The van der Waals surface area contributed by atoms with Crippen molar-refractivity contribution in [3.8, 4) is 17.6 Å². The molecule has 0 radical (unpaired) electrons. The molecule has 3 nitrogen and oxygen atoms in total. The molecular formula is C24H19F2NO2. The highest BCUT2D eigenvalue weighted by molar-refractivity contribution is 5.89. The average molecular weight is 391 g/mol. The van der Waals surface area contributed by atoms with Crippen LogP contribution in [0.2, 0.25) is 0 Å². The summed E-state index contributed by atoms with van der Waals surface area (Å²) in [4.78, 5) is 0. The van der Waals surface area contributed by atoms with Crippen molar-refractivity contribution < 1.29 is 18.3 Å². The molecule has 0 unspecified atom stereocenters. The van der Waals surface area contributed by atoms with Crippen molar-refractivity contribution in [1.82, 2.24) is 0 Å². The zero-order chi connectivity index (χ0) is 20.6. The third-order valence-electron chi connectivity index (χ3n) is 4.14. The quantitative estimate of drug-likeness (QED) is 0.366. The first-order chi connectivity index (χ1) is 14.1. The van der Waals surface area contributed by atoms with Gasteiger partial charge in [0.15, 0.2) is 11.5 Å². The van der Waals surface area contributed by atoms with Crippen LogP contribution in [-0.2, 0) is 6.61 Å². The van der Waals surface area contributed by atoms with Crippen LogP contribution in [-0.4, -0.2) is 6.61 Å². The molecule has 5 heteroatoms. The molecular weight excluding hydrogens is 372 g/mol. The van der Waals surface area contributed by atoms with Gasteiger partial charge in [-0.3, -0.25) is 0 Å². The van der Waals surface area contributed by atoms with Crippen LogP contribution in [0, 0.1) is 23.0 Å². The van der Waals surface area contributed by atoms with Crippen molar-refractivity contribution in [3.05, 3.63) is 95.1 Å². The van der Waals surface area contributed by atoms with Crippen LogP contribution < -0.4 is 9.47 Å². The Kier molecular flexibility index (Phi) is 6.59. The third-order valence-corrected chi connectivity index (χ3v) is 4.14. The van der Waals surface area contributed by atoms with E-state index in [1.807, 2.05) is 6.92 Å². The zero-order valence-corrected chi connectivity index (χ0v) is 15.9. The first-order valence-electron chi connectivity index (χ1n) is 9.11. The lowest BCUT2D eigenvalue weighted by atomic mass is 10.0. The van der Waals surface area contributed by atoms with E-state index in [2.05, 4.69) is 6.07 Å². The molecule has 0 saturated carbocycles. The van der Waals surface area contributed by atoms with E-state index in [4.69, 9.17) is 9.47 Å². The van der Waals surface area contributed by atoms with Crippen molar-refractivity contribution in [2.45, 2.75) is 13.5 Å². The molecule has 29 heavy (non-hydrogen) atoms. The number of ether oxygens (including phenoxy) is 2. The maximum atomic E-state index is 13.5. The van der Waals surface area contributed by atoms with E-state index in [1.165, 1.54) is 24.3 Å². The topological polar surface area (TPSA) is 42.2 Å². The van der Waals surface area contributed by atoms with Crippen LogP contribution in [0.1, 0.15) is 23.6 Å². The van der Waals surface area contributed by atoms with Gasteiger partial charge in [-0.1, -0.05) is 30.3 Å². The van der Waals surface area contributed by atoms with Crippen LogP contribution in [0.4, 0.5) is 8.78 Å². The molecule has 0 spiro atoms. The Hall–Kier alpha value is -3.65. The van der Waals surface area contributed by atoms with E-state index >= 15 is 0 Å². The average Bonchev–Trinajstić information content (AvgIpc) is 2.73. The highest BCUT2D eigenvalue weighted by atomic mass is 19.1. The van der Waals surface area contributed by atoms with E-state index in [0.717, 1.165) is 11.1 Å². The Balaban J connectivity index is 1.84. The van der Waals surface area contributed by atoms with Crippen molar-refractivity contribution in [2.24, 2.45) is 0 Å². The third kappa shape index (κ3) is 5.43. The van der Waals surface area contributed by atoms with Crippen LogP contribution >= 0.6 is 0 Å². The number of nitrogens with zero attached hydrogens (tertiary/aromatic N) is 1. The largest absolute Gasteiger partial charge is 0.490 e. The van der Waals surface area contributed by atoms with Gasteiger partial charge >= 0.3 is 0 Å². The number of benzene rings is 3. The van der Waals surface area contributed by atoms with Gasteiger partial charge in [-0.25, -0.2) is 8.78 Å². The van der Waals surface area contributed by atoms with Crippen molar-refractivity contribution in [3.63, 3.8) is 0 Å². The number of rotatable bonds is 7. The lowest BCUT2D eigenvalue weighted by molar-refractivity contribution is 0.269. The normalized spacial score (nSPS) is 11.0. The fourth-order valence-corrected chi connectivity index (χ4v) is 2.75. The van der Waals surface area contributed by atoms with E-state index in [1.54, 1.807) is 48.5 Å². The molecule has 3 aromatic rings. The van der Waals surface area contributed by atoms with Gasteiger partial charge in [0.05, 0.1) is 18.2 Å². The molecule has 0 aliphatic carbocycles. The van der Waals surface area contributed by atoms with Gasteiger partial charge in [0.1, 0.15) is 18.2 Å². The summed E-state index contributed by atoms with van der Waals surface area (Å²) in [6.45, 7) is 2.57. The summed E-state index contributed by atoms with van der Waals surface area (Å²) in [7, 11) is 0. The van der Waals surface area contributed by atoms with E-state index in [-0.39, 0.29) is 12.4 Å². The summed E-state index contributed by atoms with van der Waals surface area (Å²) in [6.07, 6.45) is 1.67. The number of nitriles is 1. The summed E-state index contributed by atoms with van der Waals surface area (Å²) in [6, 6.07) is 19.4. The maximum absolute atomic E-state index is 13.5. The van der Waals surface area contributed by atoms with Crippen molar-refractivity contribution in [1.29, 1.82) is 5.26 Å². The van der Waals surface area contributed by atoms with Crippen molar-refractivity contribution >= 4 is 11.6 Å². The SMILES string of the molecule is CCOc1cc(/C=C(/C#N)c2cccc(F)c2)ccc1OCc1ccc(F)cc1. The Morgan fingerprint density at radius 3 is 2.41 bits per heavy atom. The highest BCUT2D eigenvalue weighted by Crippen LogP contribution is 2.31. The second kappa shape index (κ2) is 9.52. The second-order valence-corrected chi connectivity index (χ2v) is 6.23. The van der Waals surface area contributed by atoms with Gasteiger partial charge in [-0.05, 0) is 66.1 Å². The van der Waals surface area contributed by atoms with E-state index in [9.17, 15) is 14.0 Å². The van der Waals surface area contributed by atoms with E-state index < -0.39 is 5.82 Å². The molecule has 0 aromatic heterocycles. The lowest BCUT2D eigenvalue weighted by Gasteiger charge is -2.13. The standard InChI is InChI=1S/C24H19F2NO2/c1-2-28-24-13-18(12-20(15-27)19-4-3-5-22(26)14-19)8-11-23(24)29-16-17-6-9-21(25)10-7-17/h3-14H,2,16H2,1H3/b20-12-. The van der Waals surface area contributed by atoms with Crippen LogP contribution in [0.15, 0.2) is 66.7 Å². The summed E-state index contributed by atoms with van der Waals surface area (Å²) >= 11 is 0. The Labute approximate surface area is 168 Å². The Bertz CT molecular complexity index is 1050. The first-order valence-corrected chi connectivity index (χ1v) is 9.11. The summed E-state index contributed by atoms with van der Waals surface area (Å²) in [5, 5.41) is 9.47. The molecule has 3 rings (SSSR count). The number of allylic oxidation sites excluding steroid dienone is 1. The minimum atomic E-state index is -0.400. The predicted molar refractivity (Wildman–Crippen MR) is 108 cm³/mol. The molecule has 0 amide bonds. The first kappa shape index (κ1) is 20.1. The number of halogens is 2. The molecule has 0 aliphatic heterocycles. The molecule has 0 N–H and O–H groups in total.